The van der Waals surface area contributed by atoms with E-state index in [-0.39, 0.29) is 11.8 Å². The first-order chi connectivity index (χ1) is 17.9. The van der Waals surface area contributed by atoms with Gasteiger partial charge in [0.25, 0.3) is 0 Å². The average Bonchev–Trinajstić information content (AvgIpc) is 3.69. The van der Waals surface area contributed by atoms with Gasteiger partial charge in [-0.3, -0.25) is 10.6 Å². The SMILES string of the molecule is Cc1csc2c(N3NC(N)(c4ccc(N5CCC(N6CC7CCC6C7)CC5)c(F)c4)N=C3N)ncnc12. The molecule has 2 bridgehead atoms. The minimum Gasteiger partial charge on any atom is -0.369 e. The number of piperidine rings is 2. The minimum atomic E-state index is -1.41. The van der Waals surface area contributed by atoms with Crippen LogP contribution in [0.1, 0.15) is 43.2 Å². The number of anilines is 2. The summed E-state index contributed by atoms with van der Waals surface area (Å²) < 4.78 is 16.3. The quantitative estimate of drug-likeness (QED) is 0.481. The smallest absolute Gasteiger partial charge is 0.215 e. The van der Waals surface area contributed by atoms with Crippen molar-refractivity contribution in [2.45, 2.75) is 56.9 Å². The molecule has 2 saturated heterocycles. The van der Waals surface area contributed by atoms with Crippen LogP contribution in [0.5, 0.6) is 0 Å². The number of hydrogen-bond acceptors (Lipinski definition) is 10. The predicted molar refractivity (Wildman–Crippen MR) is 145 cm³/mol. The van der Waals surface area contributed by atoms with Crippen molar-refractivity contribution in [2.75, 3.05) is 29.5 Å². The third-order valence-corrected chi connectivity index (χ3v) is 9.72. The second-order valence-corrected chi connectivity index (χ2v) is 11.8. The predicted octanol–water partition coefficient (Wildman–Crippen LogP) is 3.00. The van der Waals surface area contributed by atoms with E-state index in [1.54, 1.807) is 5.01 Å². The lowest BCUT2D eigenvalue weighted by molar-refractivity contribution is 0.128. The molecule has 1 saturated carbocycles. The van der Waals surface area contributed by atoms with Gasteiger partial charge in [-0.15, -0.1) is 11.3 Å². The van der Waals surface area contributed by atoms with E-state index in [4.69, 9.17) is 11.5 Å². The molecule has 1 aromatic carbocycles. The Morgan fingerprint density at radius 2 is 1.97 bits per heavy atom. The molecule has 194 valence electrons. The normalized spacial score (nSPS) is 28.6. The molecule has 7 rings (SSSR count). The molecule has 5 N–H and O–H groups in total. The number of nitrogens with one attached hydrogen (secondary N) is 1. The van der Waals surface area contributed by atoms with E-state index in [2.05, 4.69) is 30.2 Å². The van der Waals surface area contributed by atoms with Crippen molar-refractivity contribution in [3.63, 3.8) is 0 Å². The van der Waals surface area contributed by atoms with Crippen LogP contribution in [0.15, 0.2) is 34.9 Å². The molecular weight excluding hydrogens is 489 g/mol. The maximum absolute atomic E-state index is 15.5. The zero-order valence-electron chi connectivity index (χ0n) is 20.9. The topological polar surface area (TPSA) is 112 Å². The lowest BCUT2D eigenvalue weighted by Gasteiger charge is -2.41. The number of nitrogens with two attached hydrogens (primary N) is 2. The summed E-state index contributed by atoms with van der Waals surface area (Å²) in [5, 5.41) is 3.58. The molecular formula is C26H32FN9S. The number of aromatic nitrogens is 2. The van der Waals surface area contributed by atoms with Crippen LogP contribution >= 0.6 is 11.3 Å². The number of hydrogen-bond donors (Lipinski definition) is 3. The van der Waals surface area contributed by atoms with Crippen LogP contribution in [0, 0.1) is 18.7 Å². The number of hydrazine groups is 1. The third-order valence-electron chi connectivity index (χ3n) is 8.64. The Hall–Kier alpha value is -2.86. The molecule has 2 aromatic heterocycles. The summed E-state index contributed by atoms with van der Waals surface area (Å²) in [4.78, 5) is 18.2. The van der Waals surface area contributed by atoms with E-state index in [1.165, 1.54) is 49.5 Å². The lowest BCUT2D eigenvalue weighted by Crippen LogP contribution is -2.53. The van der Waals surface area contributed by atoms with E-state index >= 15 is 4.39 Å². The molecule has 5 heterocycles. The standard InChI is InChI=1S/C26H32FN9S/c1-15-13-37-23-22(15)30-14-31-24(23)36-25(28)32-26(29,33-36)17-3-5-21(20(27)11-17)34-8-6-18(7-9-34)35-12-16-2-4-19(35)10-16/h3,5,11,13-14,16,18-19,33H,2,4,6-10,12,29H2,1H3,(H2,28,32). The number of aryl methyl sites for hydroxylation is 1. The number of guanidine groups is 1. The molecule has 3 aromatic rings. The van der Waals surface area contributed by atoms with Crippen LogP contribution in [0.2, 0.25) is 0 Å². The highest BCUT2D eigenvalue weighted by atomic mass is 32.1. The van der Waals surface area contributed by atoms with Gasteiger partial charge in [-0.2, -0.15) is 5.43 Å². The van der Waals surface area contributed by atoms with Gasteiger partial charge in [-0.25, -0.2) is 24.4 Å². The molecule has 3 unspecified atom stereocenters. The van der Waals surface area contributed by atoms with Crippen molar-refractivity contribution in [3.8, 4) is 0 Å². The molecule has 11 heteroatoms. The largest absolute Gasteiger partial charge is 0.369 e. The molecule has 37 heavy (non-hydrogen) atoms. The summed E-state index contributed by atoms with van der Waals surface area (Å²) in [6.07, 6.45) is 7.80. The van der Waals surface area contributed by atoms with E-state index in [0.29, 0.717) is 23.1 Å². The summed E-state index contributed by atoms with van der Waals surface area (Å²) in [7, 11) is 0. The number of benzene rings is 1. The molecule has 3 fully saturated rings. The first-order valence-electron chi connectivity index (χ1n) is 13.1. The van der Waals surface area contributed by atoms with E-state index in [1.807, 2.05) is 24.4 Å². The van der Waals surface area contributed by atoms with Crippen LogP contribution < -0.4 is 26.8 Å². The van der Waals surface area contributed by atoms with Gasteiger partial charge in [0.1, 0.15) is 12.1 Å². The first-order valence-corrected chi connectivity index (χ1v) is 14.0. The highest BCUT2D eigenvalue weighted by Crippen LogP contribution is 2.41. The van der Waals surface area contributed by atoms with E-state index in [9.17, 15) is 0 Å². The molecule has 0 amide bonds. The van der Waals surface area contributed by atoms with Crippen LogP contribution in [0.4, 0.5) is 15.9 Å². The van der Waals surface area contributed by atoms with Gasteiger partial charge in [0.15, 0.2) is 5.82 Å². The Labute approximate surface area is 219 Å². The van der Waals surface area contributed by atoms with Gasteiger partial charge in [0, 0.05) is 37.3 Å². The van der Waals surface area contributed by atoms with Crippen LogP contribution in [0.3, 0.4) is 0 Å². The summed E-state index contributed by atoms with van der Waals surface area (Å²) >= 11 is 1.53. The minimum absolute atomic E-state index is 0.163. The van der Waals surface area contributed by atoms with Gasteiger partial charge in [-0.05, 0) is 68.0 Å². The molecule has 0 spiro atoms. The number of nitrogens with zero attached hydrogens (tertiary/aromatic N) is 6. The van der Waals surface area contributed by atoms with Gasteiger partial charge in [0.05, 0.1) is 15.9 Å². The monoisotopic (exact) mass is 521 g/mol. The number of fused-ring (bicyclic) bond motifs is 3. The van der Waals surface area contributed by atoms with Gasteiger partial charge in [-0.1, -0.05) is 6.07 Å². The molecule has 3 atom stereocenters. The van der Waals surface area contributed by atoms with Gasteiger partial charge in [0.2, 0.25) is 11.7 Å². The fourth-order valence-electron chi connectivity index (χ4n) is 6.74. The Morgan fingerprint density at radius 1 is 1.14 bits per heavy atom. The van der Waals surface area contributed by atoms with Crippen molar-refractivity contribution in [2.24, 2.45) is 22.4 Å². The van der Waals surface area contributed by atoms with Crippen molar-refractivity contribution in [1.82, 2.24) is 20.3 Å². The summed E-state index contributed by atoms with van der Waals surface area (Å²) in [6, 6.07) is 6.54. The fourth-order valence-corrected chi connectivity index (χ4v) is 7.72. The second kappa shape index (κ2) is 8.59. The highest BCUT2D eigenvalue weighted by Gasteiger charge is 2.42. The maximum atomic E-state index is 15.5. The molecule has 3 aliphatic heterocycles. The number of halogens is 1. The zero-order chi connectivity index (χ0) is 25.3. The molecule has 1 aliphatic carbocycles. The first kappa shape index (κ1) is 23.3. The van der Waals surface area contributed by atoms with E-state index < -0.39 is 5.79 Å². The molecule has 9 nitrogen and oxygen atoms in total. The Balaban J connectivity index is 1.08. The Kier molecular flexibility index (Phi) is 5.40. The third kappa shape index (κ3) is 3.79. The van der Waals surface area contributed by atoms with Crippen molar-refractivity contribution >= 4 is 39.0 Å². The van der Waals surface area contributed by atoms with Crippen molar-refractivity contribution in [3.05, 3.63) is 46.9 Å². The lowest BCUT2D eigenvalue weighted by atomic mass is 9.99. The summed E-state index contributed by atoms with van der Waals surface area (Å²) in [5.41, 5.74) is 19.1. The second-order valence-electron chi connectivity index (χ2n) is 10.9. The Bertz CT molecular complexity index is 1380. The number of aliphatic imine (C=N–C) groups is 1. The van der Waals surface area contributed by atoms with Crippen molar-refractivity contribution < 1.29 is 4.39 Å². The zero-order valence-corrected chi connectivity index (χ0v) is 21.7. The highest BCUT2D eigenvalue weighted by molar-refractivity contribution is 7.18. The number of thiophene rings is 1. The van der Waals surface area contributed by atoms with Crippen LogP contribution in [-0.4, -0.2) is 52.5 Å². The molecule has 0 radical (unpaired) electrons. The average molecular weight is 522 g/mol. The molecule has 4 aliphatic rings. The van der Waals surface area contributed by atoms with Crippen LogP contribution in [-0.2, 0) is 5.79 Å². The van der Waals surface area contributed by atoms with Crippen molar-refractivity contribution in [1.29, 1.82) is 0 Å². The summed E-state index contributed by atoms with van der Waals surface area (Å²) in [6.45, 7) is 4.99. The van der Waals surface area contributed by atoms with Crippen LogP contribution in [0.25, 0.3) is 10.2 Å². The number of rotatable bonds is 4. The Morgan fingerprint density at radius 3 is 2.70 bits per heavy atom. The maximum Gasteiger partial charge on any atom is 0.215 e. The van der Waals surface area contributed by atoms with E-state index in [0.717, 1.165) is 53.7 Å². The summed E-state index contributed by atoms with van der Waals surface area (Å²) in [5.74, 6) is -0.0649. The number of likely N-dealkylation sites (tertiary alicyclic amines) is 1. The fraction of sp³-hybridized carbons (Fsp3) is 0.500. The van der Waals surface area contributed by atoms with Gasteiger partial charge < -0.3 is 10.6 Å². The van der Waals surface area contributed by atoms with Gasteiger partial charge >= 0.3 is 0 Å².